The Morgan fingerprint density at radius 2 is 1.67 bits per heavy atom. The molecular weight excluding hydrogens is 548 g/mol. The van der Waals surface area contributed by atoms with Crippen LogP contribution in [0.4, 0.5) is 4.79 Å². The minimum absolute atomic E-state index is 0.0373. The summed E-state index contributed by atoms with van der Waals surface area (Å²) in [6, 6.07) is -2.58. The summed E-state index contributed by atoms with van der Waals surface area (Å²) in [6.07, 6.45) is 8.16. The fourth-order valence-corrected chi connectivity index (χ4v) is 8.08. The van der Waals surface area contributed by atoms with E-state index in [-0.39, 0.29) is 35.6 Å². The zero-order valence-corrected chi connectivity index (χ0v) is 26.9. The highest BCUT2D eigenvalue weighted by molar-refractivity contribution is 6.38. The van der Waals surface area contributed by atoms with Gasteiger partial charge in [0.1, 0.15) is 17.7 Å². The molecule has 240 valence electrons. The Morgan fingerprint density at radius 3 is 2.23 bits per heavy atom. The maximum absolute atomic E-state index is 14.4. The van der Waals surface area contributed by atoms with E-state index in [4.69, 9.17) is 4.74 Å². The van der Waals surface area contributed by atoms with Crippen molar-refractivity contribution in [2.75, 3.05) is 13.1 Å². The van der Waals surface area contributed by atoms with Crippen molar-refractivity contribution in [2.24, 2.45) is 35.0 Å². The molecule has 0 aromatic carbocycles. The fourth-order valence-electron chi connectivity index (χ4n) is 8.08. The molecule has 1 aliphatic heterocycles. The van der Waals surface area contributed by atoms with Gasteiger partial charge in [-0.15, -0.1) is 6.58 Å². The number of carbonyl (C=O) groups is 5. The SMILES string of the molecule is C=CCNC(=O)C(=O)C(CCC)NC(=O)[C@@H]1[C@@H]2[C@H](CN1C(=O)[C@@H](NC(=O)OC(C)(C)C)C1CC3CCCCC3C1)C2(C)C. The van der Waals surface area contributed by atoms with E-state index in [0.29, 0.717) is 31.2 Å². The van der Waals surface area contributed by atoms with Gasteiger partial charge in [0.15, 0.2) is 0 Å². The number of carbonyl (C=O) groups excluding carboxylic acids is 5. The average molecular weight is 601 g/mol. The lowest BCUT2D eigenvalue weighted by atomic mass is 9.82. The van der Waals surface area contributed by atoms with E-state index in [2.05, 4.69) is 36.4 Å². The number of fused-ring (bicyclic) bond motifs is 2. The van der Waals surface area contributed by atoms with Gasteiger partial charge in [0.05, 0.1) is 6.04 Å². The van der Waals surface area contributed by atoms with Crippen LogP contribution in [-0.4, -0.2) is 71.3 Å². The lowest BCUT2D eigenvalue weighted by Gasteiger charge is -2.35. The summed E-state index contributed by atoms with van der Waals surface area (Å²) in [5.41, 5.74) is -0.859. The Hall–Kier alpha value is -2.91. The molecule has 3 saturated carbocycles. The van der Waals surface area contributed by atoms with Crippen LogP contribution in [-0.2, 0) is 23.9 Å². The second-order valence-electron chi connectivity index (χ2n) is 14.8. The summed E-state index contributed by atoms with van der Waals surface area (Å²) in [6.45, 7) is 15.6. The van der Waals surface area contributed by atoms with Crippen LogP contribution in [0, 0.1) is 35.0 Å². The second kappa shape index (κ2) is 13.0. The van der Waals surface area contributed by atoms with Gasteiger partial charge in [-0.25, -0.2) is 4.79 Å². The summed E-state index contributed by atoms with van der Waals surface area (Å²) >= 11 is 0. The molecule has 3 N–H and O–H groups in total. The van der Waals surface area contributed by atoms with E-state index in [1.165, 1.54) is 18.9 Å². The third-order valence-corrected chi connectivity index (χ3v) is 10.3. The van der Waals surface area contributed by atoms with Gasteiger partial charge in [-0.3, -0.25) is 19.2 Å². The number of hydrogen-bond donors (Lipinski definition) is 3. The van der Waals surface area contributed by atoms with Crippen molar-refractivity contribution in [1.82, 2.24) is 20.9 Å². The van der Waals surface area contributed by atoms with Crippen molar-refractivity contribution in [2.45, 2.75) is 117 Å². The molecule has 4 amide bonds. The standard InChI is InChI=1S/C33H52N4O6/c1-8-12-23(27(38)29(40)34-15-9-2)35-28(39)26-24-22(33(24,6)7)18-37(26)30(41)25(36-31(42)43-32(3,4)5)21-16-19-13-10-11-14-20(19)17-21/h9,19-26H,2,8,10-18H2,1,3-7H3,(H,34,40)(H,35,39)(H,36,42)/t19?,20?,21?,22-,23?,24-,25-,26-/m0/s1. The Morgan fingerprint density at radius 1 is 1.05 bits per heavy atom. The largest absolute Gasteiger partial charge is 0.444 e. The van der Waals surface area contributed by atoms with E-state index in [9.17, 15) is 24.0 Å². The molecule has 0 bridgehead atoms. The minimum atomic E-state index is -0.992. The van der Waals surface area contributed by atoms with Gasteiger partial charge >= 0.3 is 6.09 Å². The molecule has 3 aliphatic carbocycles. The van der Waals surface area contributed by atoms with Crippen LogP contribution in [0.15, 0.2) is 12.7 Å². The van der Waals surface area contributed by atoms with Crippen molar-refractivity contribution in [3.05, 3.63) is 12.7 Å². The second-order valence-corrected chi connectivity index (χ2v) is 14.8. The highest BCUT2D eigenvalue weighted by Gasteiger charge is 2.70. The topological polar surface area (TPSA) is 134 Å². The first-order chi connectivity index (χ1) is 20.2. The van der Waals surface area contributed by atoms with Crippen LogP contribution in [0.5, 0.6) is 0 Å². The number of ketones is 1. The molecule has 7 atom stereocenters. The van der Waals surface area contributed by atoms with E-state index in [1.807, 2.05) is 6.92 Å². The number of amides is 4. The van der Waals surface area contributed by atoms with Crippen LogP contribution < -0.4 is 16.0 Å². The Labute approximate surface area is 256 Å². The third-order valence-electron chi connectivity index (χ3n) is 10.3. The molecule has 3 unspecified atom stereocenters. The summed E-state index contributed by atoms with van der Waals surface area (Å²) in [4.78, 5) is 68.4. The number of ether oxygens (including phenoxy) is 1. The molecule has 43 heavy (non-hydrogen) atoms. The first-order valence-corrected chi connectivity index (χ1v) is 16.2. The maximum atomic E-state index is 14.4. The van der Waals surface area contributed by atoms with Crippen molar-refractivity contribution in [3.8, 4) is 0 Å². The smallest absolute Gasteiger partial charge is 0.408 e. The van der Waals surface area contributed by atoms with E-state index >= 15 is 0 Å². The molecule has 1 saturated heterocycles. The monoisotopic (exact) mass is 600 g/mol. The minimum Gasteiger partial charge on any atom is -0.444 e. The number of nitrogens with one attached hydrogen (secondary N) is 3. The van der Waals surface area contributed by atoms with Crippen LogP contribution in [0.2, 0.25) is 0 Å². The van der Waals surface area contributed by atoms with Crippen molar-refractivity contribution < 1.29 is 28.7 Å². The first kappa shape index (κ1) is 33.0. The van der Waals surface area contributed by atoms with Gasteiger partial charge < -0.3 is 25.6 Å². The van der Waals surface area contributed by atoms with Crippen LogP contribution in [0.25, 0.3) is 0 Å². The maximum Gasteiger partial charge on any atom is 0.408 e. The molecule has 10 nitrogen and oxygen atoms in total. The predicted octanol–water partition coefficient (Wildman–Crippen LogP) is 3.74. The Balaban J connectivity index is 1.57. The van der Waals surface area contributed by atoms with E-state index in [1.54, 1.807) is 25.7 Å². The van der Waals surface area contributed by atoms with Crippen LogP contribution in [0.1, 0.15) is 92.9 Å². The average Bonchev–Trinajstić information content (AvgIpc) is 3.30. The third kappa shape index (κ3) is 7.26. The summed E-state index contributed by atoms with van der Waals surface area (Å²) < 4.78 is 5.57. The van der Waals surface area contributed by atoms with Gasteiger partial charge in [-0.05, 0) is 75.0 Å². The normalized spacial score (nSPS) is 30.2. The number of rotatable bonds is 11. The van der Waals surface area contributed by atoms with Crippen molar-refractivity contribution >= 4 is 29.6 Å². The summed E-state index contributed by atoms with van der Waals surface area (Å²) in [7, 11) is 0. The first-order valence-electron chi connectivity index (χ1n) is 16.2. The van der Waals surface area contributed by atoms with Gasteiger partial charge in [-0.2, -0.15) is 0 Å². The van der Waals surface area contributed by atoms with Gasteiger partial charge in [0.2, 0.25) is 17.6 Å². The van der Waals surface area contributed by atoms with Crippen LogP contribution >= 0.6 is 0 Å². The number of nitrogens with zero attached hydrogens (tertiary/aromatic N) is 1. The van der Waals surface area contributed by atoms with Crippen molar-refractivity contribution in [1.29, 1.82) is 0 Å². The van der Waals surface area contributed by atoms with Gasteiger partial charge in [0, 0.05) is 13.1 Å². The molecule has 4 fully saturated rings. The quantitative estimate of drug-likeness (QED) is 0.244. The molecular formula is C33H52N4O6. The zero-order chi connectivity index (χ0) is 31.7. The van der Waals surface area contributed by atoms with E-state index < -0.39 is 47.4 Å². The fraction of sp³-hybridized carbons (Fsp3) is 0.788. The molecule has 0 radical (unpaired) electrons. The number of hydrogen-bond acceptors (Lipinski definition) is 6. The van der Waals surface area contributed by atoms with E-state index in [0.717, 1.165) is 25.7 Å². The molecule has 1 heterocycles. The molecule has 0 aromatic rings. The van der Waals surface area contributed by atoms with Crippen LogP contribution in [0.3, 0.4) is 0 Å². The predicted molar refractivity (Wildman–Crippen MR) is 163 cm³/mol. The van der Waals surface area contributed by atoms with Crippen molar-refractivity contribution in [3.63, 3.8) is 0 Å². The Bertz CT molecular complexity index is 1100. The Kier molecular flexibility index (Phi) is 9.96. The van der Waals surface area contributed by atoms with Gasteiger partial charge in [-0.1, -0.05) is 59.0 Å². The lowest BCUT2D eigenvalue weighted by molar-refractivity contribution is -0.144. The number of piperidine rings is 1. The highest BCUT2D eigenvalue weighted by Crippen LogP contribution is 2.65. The molecule has 4 rings (SSSR count). The molecule has 10 heteroatoms. The summed E-state index contributed by atoms with van der Waals surface area (Å²) in [5, 5.41) is 8.26. The number of alkyl carbamates (subject to hydrolysis) is 1. The lowest BCUT2D eigenvalue weighted by Crippen LogP contribution is -2.59. The van der Waals surface area contributed by atoms with Gasteiger partial charge in [0.25, 0.3) is 5.91 Å². The number of Topliss-reactive ketones (excluding diaryl/α,β-unsaturated/α-hetero) is 1. The zero-order valence-electron chi connectivity index (χ0n) is 26.9. The summed E-state index contributed by atoms with van der Waals surface area (Å²) in [5.74, 6) is -1.05. The molecule has 4 aliphatic rings. The molecule has 0 spiro atoms. The molecule has 0 aromatic heterocycles. The highest BCUT2D eigenvalue weighted by atomic mass is 16.6. The number of likely N-dealkylation sites (tertiary alicyclic amines) is 1.